The normalized spacial score (nSPS) is 10.9. The number of carbonyl (C=O) groups is 1. The highest BCUT2D eigenvalue weighted by Gasteiger charge is 2.11. The van der Waals surface area contributed by atoms with Gasteiger partial charge in [0.1, 0.15) is 5.82 Å². The summed E-state index contributed by atoms with van der Waals surface area (Å²) in [6.45, 7) is 2.78. The Morgan fingerprint density at radius 2 is 1.76 bits per heavy atom. The minimum absolute atomic E-state index is 0.0523. The van der Waals surface area contributed by atoms with E-state index in [2.05, 4.69) is 6.92 Å². The molecule has 0 aliphatic carbocycles. The number of Topliss-reactive ketones (excluding diaryl/α,β-unsaturated/α-hetero) is 1. The SMILES string of the molecule is CCc1ccc(C(=O)CN(C)Cc2ccccc2F)cc1. The first kappa shape index (κ1) is 15.4. The van der Waals surface area contributed by atoms with Gasteiger partial charge in [0.25, 0.3) is 0 Å². The highest BCUT2D eigenvalue weighted by Crippen LogP contribution is 2.10. The van der Waals surface area contributed by atoms with Gasteiger partial charge in [0.2, 0.25) is 0 Å². The average Bonchev–Trinajstić information content (AvgIpc) is 2.49. The van der Waals surface area contributed by atoms with E-state index < -0.39 is 0 Å². The second-order valence-corrected chi connectivity index (χ2v) is 5.24. The maximum absolute atomic E-state index is 13.6. The maximum atomic E-state index is 13.6. The Morgan fingerprint density at radius 1 is 1.10 bits per heavy atom. The van der Waals surface area contributed by atoms with E-state index in [1.807, 2.05) is 36.2 Å². The van der Waals surface area contributed by atoms with Crippen LogP contribution in [0, 0.1) is 5.82 Å². The smallest absolute Gasteiger partial charge is 0.176 e. The Kier molecular flexibility index (Phi) is 5.23. The van der Waals surface area contributed by atoms with Gasteiger partial charge in [-0.2, -0.15) is 0 Å². The number of benzene rings is 2. The van der Waals surface area contributed by atoms with Crippen molar-refractivity contribution in [3.05, 3.63) is 71.0 Å². The molecular weight excluding hydrogens is 265 g/mol. The van der Waals surface area contributed by atoms with Crippen molar-refractivity contribution in [1.82, 2.24) is 4.90 Å². The van der Waals surface area contributed by atoms with Crippen LogP contribution in [0.3, 0.4) is 0 Å². The van der Waals surface area contributed by atoms with Gasteiger partial charge in [0.05, 0.1) is 6.54 Å². The first-order chi connectivity index (χ1) is 10.1. The molecule has 0 saturated heterocycles. The molecule has 0 N–H and O–H groups in total. The van der Waals surface area contributed by atoms with Crippen molar-refractivity contribution in [1.29, 1.82) is 0 Å². The standard InChI is InChI=1S/C18H20FNO/c1-3-14-8-10-15(11-9-14)18(21)13-20(2)12-16-6-4-5-7-17(16)19/h4-11H,3,12-13H2,1-2H3. The lowest BCUT2D eigenvalue weighted by Crippen LogP contribution is -2.26. The molecule has 2 rings (SSSR count). The summed E-state index contributed by atoms with van der Waals surface area (Å²) in [7, 11) is 1.82. The Balaban J connectivity index is 1.97. The number of hydrogen-bond acceptors (Lipinski definition) is 2. The Bertz CT molecular complexity index is 607. The third-order valence-electron chi connectivity index (χ3n) is 3.50. The van der Waals surface area contributed by atoms with Gasteiger partial charge in [-0.05, 0) is 25.1 Å². The van der Waals surface area contributed by atoms with E-state index in [1.54, 1.807) is 18.2 Å². The molecule has 2 aromatic carbocycles. The van der Waals surface area contributed by atoms with Gasteiger partial charge < -0.3 is 0 Å². The van der Waals surface area contributed by atoms with Gasteiger partial charge in [-0.1, -0.05) is 49.4 Å². The quantitative estimate of drug-likeness (QED) is 0.754. The lowest BCUT2D eigenvalue weighted by molar-refractivity contribution is 0.0942. The Hall–Kier alpha value is -2.00. The van der Waals surface area contributed by atoms with Gasteiger partial charge >= 0.3 is 0 Å². The van der Waals surface area contributed by atoms with Crippen molar-refractivity contribution < 1.29 is 9.18 Å². The molecule has 0 heterocycles. The minimum Gasteiger partial charge on any atom is -0.294 e. The number of halogens is 1. The molecule has 0 radical (unpaired) electrons. The van der Waals surface area contributed by atoms with Gasteiger partial charge in [-0.15, -0.1) is 0 Å². The highest BCUT2D eigenvalue weighted by molar-refractivity contribution is 5.97. The van der Waals surface area contributed by atoms with Crippen molar-refractivity contribution >= 4 is 5.78 Å². The molecule has 0 aliphatic rings. The molecule has 21 heavy (non-hydrogen) atoms. The Morgan fingerprint density at radius 3 is 2.38 bits per heavy atom. The molecule has 0 bridgehead atoms. The monoisotopic (exact) mass is 285 g/mol. The molecule has 0 atom stereocenters. The van der Waals surface area contributed by atoms with E-state index in [0.29, 0.717) is 17.7 Å². The fraction of sp³-hybridized carbons (Fsp3) is 0.278. The number of likely N-dealkylation sites (N-methyl/N-ethyl adjacent to an activating group) is 1. The summed E-state index contributed by atoms with van der Waals surface area (Å²) in [6.07, 6.45) is 0.960. The van der Waals surface area contributed by atoms with E-state index >= 15 is 0 Å². The van der Waals surface area contributed by atoms with E-state index in [-0.39, 0.29) is 18.1 Å². The van der Waals surface area contributed by atoms with Crippen LogP contribution in [-0.2, 0) is 13.0 Å². The zero-order valence-electron chi connectivity index (χ0n) is 12.5. The largest absolute Gasteiger partial charge is 0.294 e. The molecular formula is C18H20FNO. The van der Waals surface area contributed by atoms with Crippen LogP contribution < -0.4 is 0 Å². The zero-order chi connectivity index (χ0) is 15.2. The number of nitrogens with zero attached hydrogens (tertiary/aromatic N) is 1. The second-order valence-electron chi connectivity index (χ2n) is 5.24. The second kappa shape index (κ2) is 7.14. The zero-order valence-corrected chi connectivity index (χ0v) is 12.5. The van der Waals surface area contributed by atoms with Gasteiger partial charge in [0.15, 0.2) is 5.78 Å². The number of rotatable bonds is 6. The number of aryl methyl sites for hydroxylation is 1. The van der Waals surface area contributed by atoms with Crippen LogP contribution in [0.5, 0.6) is 0 Å². The summed E-state index contributed by atoms with van der Waals surface area (Å²) < 4.78 is 13.6. The first-order valence-corrected chi connectivity index (χ1v) is 7.14. The van der Waals surface area contributed by atoms with Crippen LogP contribution in [0.15, 0.2) is 48.5 Å². The van der Waals surface area contributed by atoms with Crippen LogP contribution >= 0.6 is 0 Å². The average molecular weight is 285 g/mol. The van der Waals surface area contributed by atoms with Gasteiger partial charge in [-0.25, -0.2) is 4.39 Å². The predicted molar refractivity (Wildman–Crippen MR) is 82.9 cm³/mol. The van der Waals surface area contributed by atoms with E-state index in [9.17, 15) is 9.18 Å². The van der Waals surface area contributed by atoms with E-state index in [0.717, 1.165) is 6.42 Å². The molecule has 3 heteroatoms. The molecule has 110 valence electrons. The summed E-state index contributed by atoms with van der Waals surface area (Å²) in [4.78, 5) is 14.0. The summed E-state index contributed by atoms with van der Waals surface area (Å²) in [5.41, 5.74) is 2.52. The van der Waals surface area contributed by atoms with Crippen LogP contribution in [-0.4, -0.2) is 24.3 Å². The molecule has 0 aromatic heterocycles. The molecule has 0 spiro atoms. The predicted octanol–water partition coefficient (Wildman–Crippen LogP) is 3.70. The van der Waals surface area contributed by atoms with Crippen molar-refractivity contribution in [3.63, 3.8) is 0 Å². The molecule has 0 saturated carbocycles. The molecule has 0 aliphatic heterocycles. The van der Waals surface area contributed by atoms with E-state index in [1.165, 1.54) is 11.6 Å². The van der Waals surface area contributed by atoms with Crippen LogP contribution in [0.1, 0.15) is 28.4 Å². The van der Waals surface area contributed by atoms with Crippen molar-refractivity contribution in [2.75, 3.05) is 13.6 Å². The molecule has 0 unspecified atom stereocenters. The lowest BCUT2D eigenvalue weighted by Gasteiger charge is -2.16. The molecule has 0 amide bonds. The van der Waals surface area contributed by atoms with Gasteiger partial charge in [-0.3, -0.25) is 9.69 Å². The van der Waals surface area contributed by atoms with Crippen LogP contribution in [0.4, 0.5) is 4.39 Å². The van der Waals surface area contributed by atoms with Crippen molar-refractivity contribution in [3.8, 4) is 0 Å². The highest BCUT2D eigenvalue weighted by atomic mass is 19.1. The maximum Gasteiger partial charge on any atom is 0.176 e. The molecule has 0 fully saturated rings. The van der Waals surface area contributed by atoms with E-state index in [4.69, 9.17) is 0 Å². The summed E-state index contributed by atoms with van der Waals surface area (Å²) in [6, 6.07) is 14.3. The fourth-order valence-electron chi connectivity index (χ4n) is 2.24. The Labute approximate surface area is 125 Å². The number of carbonyl (C=O) groups excluding carboxylic acids is 1. The van der Waals surface area contributed by atoms with Crippen molar-refractivity contribution in [2.45, 2.75) is 19.9 Å². The lowest BCUT2D eigenvalue weighted by atomic mass is 10.1. The van der Waals surface area contributed by atoms with Crippen LogP contribution in [0.2, 0.25) is 0 Å². The number of hydrogen-bond donors (Lipinski definition) is 0. The molecule has 2 aromatic rings. The topological polar surface area (TPSA) is 20.3 Å². The minimum atomic E-state index is -0.232. The summed E-state index contributed by atoms with van der Waals surface area (Å²) >= 11 is 0. The summed E-state index contributed by atoms with van der Waals surface area (Å²) in [5.74, 6) is -0.180. The fourth-order valence-corrected chi connectivity index (χ4v) is 2.24. The first-order valence-electron chi connectivity index (χ1n) is 7.14. The van der Waals surface area contributed by atoms with Gasteiger partial charge in [0, 0.05) is 17.7 Å². The summed E-state index contributed by atoms with van der Waals surface area (Å²) in [5, 5.41) is 0. The third kappa shape index (κ3) is 4.23. The molecule has 2 nitrogen and oxygen atoms in total. The third-order valence-corrected chi connectivity index (χ3v) is 3.50. The number of ketones is 1. The van der Waals surface area contributed by atoms with Crippen molar-refractivity contribution in [2.24, 2.45) is 0 Å². The van der Waals surface area contributed by atoms with Crippen LogP contribution in [0.25, 0.3) is 0 Å².